The highest BCUT2D eigenvalue weighted by Gasteiger charge is 2.29. The van der Waals surface area contributed by atoms with E-state index in [4.69, 9.17) is 4.42 Å². The summed E-state index contributed by atoms with van der Waals surface area (Å²) in [6.07, 6.45) is 1.61. The summed E-state index contributed by atoms with van der Waals surface area (Å²) < 4.78 is 5.85. The lowest BCUT2D eigenvalue weighted by Gasteiger charge is -2.10. The summed E-state index contributed by atoms with van der Waals surface area (Å²) in [4.78, 5) is 23.9. The van der Waals surface area contributed by atoms with Gasteiger partial charge in [-0.25, -0.2) is 0 Å². The second-order valence-electron chi connectivity index (χ2n) is 7.11. The van der Waals surface area contributed by atoms with Crippen molar-refractivity contribution in [3.05, 3.63) is 87.2 Å². The summed E-state index contributed by atoms with van der Waals surface area (Å²) in [7, 11) is 0. The normalized spacial score (nSPS) is 15.0. The molecule has 0 aliphatic carbocycles. The van der Waals surface area contributed by atoms with E-state index in [9.17, 15) is 14.9 Å². The minimum atomic E-state index is -0.419. The number of nitro groups is 1. The number of hydrogen-bond acceptors (Lipinski definition) is 5. The average Bonchev–Trinajstić information content (AvgIpc) is 3.30. The Balaban J connectivity index is 1.69. The summed E-state index contributed by atoms with van der Waals surface area (Å²) in [5.74, 6) is 0.538. The van der Waals surface area contributed by atoms with Gasteiger partial charge in [0.15, 0.2) is 0 Å². The van der Waals surface area contributed by atoms with E-state index >= 15 is 0 Å². The standard InChI is InChI=1S/C23H19N3O4/c1-14-11-20(21(26(28)29)12-15(14)2)22-10-9-18(30-22)13-19-16(3)24-25(23(19)27)17-7-5-4-6-8-17/h4-13H,1-3H3/b19-13-. The molecule has 150 valence electrons. The second-order valence-corrected chi connectivity index (χ2v) is 7.11. The summed E-state index contributed by atoms with van der Waals surface area (Å²) in [5, 5.41) is 17.2. The molecule has 7 nitrogen and oxygen atoms in total. The summed E-state index contributed by atoms with van der Waals surface area (Å²) in [6.45, 7) is 5.48. The molecule has 1 amide bonds. The lowest BCUT2D eigenvalue weighted by molar-refractivity contribution is -0.384. The SMILES string of the molecule is CC1=NN(c2ccccc2)C(=O)/C1=C\c1ccc(-c2cc(C)c(C)cc2[N+](=O)[O-])o1. The van der Waals surface area contributed by atoms with Crippen molar-refractivity contribution in [3.63, 3.8) is 0 Å². The van der Waals surface area contributed by atoms with Gasteiger partial charge < -0.3 is 4.42 Å². The number of amides is 1. The van der Waals surface area contributed by atoms with Gasteiger partial charge in [-0.2, -0.15) is 10.1 Å². The fraction of sp³-hybridized carbons (Fsp3) is 0.130. The topological polar surface area (TPSA) is 89.0 Å². The number of carbonyl (C=O) groups excluding carboxylic acids is 1. The zero-order valence-electron chi connectivity index (χ0n) is 16.7. The minimum absolute atomic E-state index is 0.0170. The molecule has 0 saturated heterocycles. The van der Waals surface area contributed by atoms with Crippen LogP contribution in [-0.4, -0.2) is 16.5 Å². The van der Waals surface area contributed by atoms with Crippen molar-refractivity contribution >= 4 is 29.1 Å². The van der Waals surface area contributed by atoms with Gasteiger partial charge in [0.25, 0.3) is 11.6 Å². The maximum atomic E-state index is 12.8. The summed E-state index contributed by atoms with van der Waals surface area (Å²) in [5.41, 5.74) is 3.81. The first-order chi connectivity index (χ1) is 14.3. The molecule has 1 aromatic heterocycles. The van der Waals surface area contributed by atoms with Crippen LogP contribution in [0, 0.1) is 24.0 Å². The Kier molecular flexibility index (Phi) is 4.79. The zero-order valence-corrected chi connectivity index (χ0v) is 16.7. The van der Waals surface area contributed by atoms with Gasteiger partial charge in [-0.1, -0.05) is 18.2 Å². The Labute approximate surface area is 173 Å². The fourth-order valence-electron chi connectivity index (χ4n) is 3.30. The molecule has 0 bridgehead atoms. The van der Waals surface area contributed by atoms with Crippen molar-refractivity contribution in [1.29, 1.82) is 0 Å². The van der Waals surface area contributed by atoms with Crippen molar-refractivity contribution < 1.29 is 14.1 Å². The van der Waals surface area contributed by atoms with E-state index in [0.717, 1.165) is 11.1 Å². The molecule has 3 aromatic rings. The molecule has 7 heteroatoms. The van der Waals surface area contributed by atoms with E-state index in [1.165, 1.54) is 5.01 Å². The van der Waals surface area contributed by atoms with Crippen molar-refractivity contribution in [2.75, 3.05) is 5.01 Å². The number of hydrazone groups is 1. The van der Waals surface area contributed by atoms with E-state index in [2.05, 4.69) is 5.10 Å². The Bertz CT molecular complexity index is 1220. The number of carbonyl (C=O) groups is 1. The number of para-hydroxylation sites is 1. The molecule has 0 unspecified atom stereocenters. The van der Waals surface area contributed by atoms with Gasteiger partial charge in [0.2, 0.25) is 0 Å². The van der Waals surface area contributed by atoms with Gasteiger partial charge in [-0.3, -0.25) is 14.9 Å². The molecule has 1 aliphatic heterocycles. The molecule has 0 N–H and O–H groups in total. The average molecular weight is 401 g/mol. The molecule has 0 spiro atoms. The molecule has 0 fully saturated rings. The maximum Gasteiger partial charge on any atom is 0.280 e. The molecule has 2 heterocycles. The number of nitrogens with zero attached hydrogens (tertiary/aromatic N) is 3. The second kappa shape index (κ2) is 7.44. The molecule has 1 aliphatic rings. The van der Waals surface area contributed by atoms with Crippen LogP contribution in [0.15, 0.2) is 69.7 Å². The number of hydrogen-bond donors (Lipinski definition) is 0. The Morgan fingerprint density at radius 1 is 1.03 bits per heavy atom. The molecular weight excluding hydrogens is 382 g/mol. The number of nitro benzene ring substituents is 1. The zero-order chi connectivity index (χ0) is 21.4. The van der Waals surface area contributed by atoms with Crippen molar-refractivity contribution in [2.24, 2.45) is 5.10 Å². The summed E-state index contributed by atoms with van der Waals surface area (Å²) >= 11 is 0. The van der Waals surface area contributed by atoms with Crippen LogP contribution in [0.1, 0.15) is 23.8 Å². The highest BCUT2D eigenvalue weighted by atomic mass is 16.6. The van der Waals surface area contributed by atoms with Crippen LogP contribution in [0.3, 0.4) is 0 Å². The Morgan fingerprint density at radius 3 is 2.43 bits per heavy atom. The summed E-state index contributed by atoms with van der Waals surface area (Å²) in [6, 6.07) is 15.8. The fourth-order valence-corrected chi connectivity index (χ4v) is 3.30. The third kappa shape index (κ3) is 3.41. The van der Waals surface area contributed by atoms with Crippen LogP contribution >= 0.6 is 0 Å². The number of rotatable bonds is 4. The maximum absolute atomic E-state index is 12.8. The van der Waals surface area contributed by atoms with E-state index in [1.54, 1.807) is 37.3 Å². The Hall–Kier alpha value is -4.00. The number of benzene rings is 2. The van der Waals surface area contributed by atoms with Crippen molar-refractivity contribution in [1.82, 2.24) is 0 Å². The quantitative estimate of drug-likeness (QED) is 0.338. The molecule has 2 aromatic carbocycles. The van der Waals surface area contributed by atoms with Crippen LogP contribution < -0.4 is 5.01 Å². The highest BCUT2D eigenvalue weighted by Crippen LogP contribution is 2.34. The van der Waals surface area contributed by atoms with Gasteiger partial charge in [0.05, 0.1) is 27.5 Å². The predicted molar refractivity (Wildman–Crippen MR) is 115 cm³/mol. The van der Waals surface area contributed by atoms with Gasteiger partial charge in [-0.05, 0) is 68.3 Å². The molecule has 0 atom stereocenters. The van der Waals surface area contributed by atoms with Crippen LogP contribution in [-0.2, 0) is 4.79 Å². The number of anilines is 1. The van der Waals surface area contributed by atoms with Gasteiger partial charge in [0.1, 0.15) is 11.5 Å². The highest BCUT2D eigenvalue weighted by molar-refractivity contribution is 6.32. The van der Waals surface area contributed by atoms with E-state index in [1.807, 2.05) is 44.2 Å². The molecule has 0 radical (unpaired) electrons. The largest absolute Gasteiger partial charge is 0.456 e. The van der Waals surface area contributed by atoms with Crippen LogP contribution in [0.25, 0.3) is 17.4 Å². The first-order valence-electron chi connectivity index (χ1n) is 9.38. The Morgan fingerprint density at radius 2 is 1.73 bits per heavy atom. The molecule has 4 rings (SSSR count). The number of furan rings is 1. The van der Waals surface area contributed by atoms with E-state index in [0.29, 0.717) is 34.1 Å². The first kappa shape index (κ1) is 19.3. The smallest absolute Gasteiger partial charge is 0.280 e. The molecular formula is C23H19N3O4. The van der Waals surface area contributed by atoms with Gasteiger partial charge in [-0.15, -0.1) is 0 Å². The van der Waals surface area contributed by atoms with Gasteiger partial charge in [0, 0.05) is 6.07 Å². The van der Waals surface area contributed by atoms with Gasteiger partial charge >= 0.3 is 0 Å². The van der Waals surface area contributed by atoms with E-state index in [-0.39, 0.29) is 11.6 Å². The van der Waals surface area contributed by atoms with E-state index < -0.39 is 4.92 Å². The lowest BCUT2D eigenvalue weighted by Crippen LogP contribution is -2.21. The number of aryl methyl sites for hydroxylation is 2. The lowest BCUT2D eigenvalue weighted by atomic mass is 10.0. The third-order valence-electron chi connectivity index (χ3n) is 5.05. The molecule has 30 heavy (non-hydrogen) atoms. The predicted octanol–water partition coefficient (Wildman–Crippen LogP) is 5.28. The monoisotopic (exact) mass is 401 g/mol. The third-order valence-corrected chi connectivity index (χ3v) is 5.05. The molecule has 0 saturated carbocycles. The van der Waals surface area contributed by atoms with Crippen molar-refractivity contribution in [2.45, 2.75) is 20.8 Å². The van der Waals surface area contributed by atoms with Crippen LogP contribution in [0.5, 0.6) is 0 Å². The van der Waals surface area contributed by atoms with Crippen LogP contribution in [0.4, 0.5) is 11.4 Å². The van der Waals surface area contributed by atoms with Crippen molar-refractivity contribution in [3.8, 4) is 11.3 Å². The minimum Gasteiger partial charge on any atom is -0.456 e. The first-order valence-corrected chi connectivity index (χ1v) is 9.38. The van der Waals surface area contributed by atoms with Crippen LogP contribution in [0.2, 0.25) is 0 Å².